The van der Waals surface area contributed by atoms with Crippen LogP contribution in [0.5, 0.6) is 5.75 Å². The lowest BCUT2D eigenvalue weighted by atomic mass is 9.97. The van der Waals surface area contributed by atoms with Crippen molar-refractivity contribution in [1.29, 1.82) is 0 Å². The SMILES string of the molecule is COc1ccc(NC2=CC(=O)c3ncccc3C2=O)cc1. The first-order valence-corrected chi connectivity index (χ1v) is 6.36. The number of ether oxygens (including phenoxy) is 1. The van der Waals surface area contributed by atoms with Crippen LogP contribution >= 0.6 is 0 Å². The molecule has 3 rings (SSSR count). The first kappa shape index (κ1) is 13.1. The highest BCUT2D eigenvalue weighted by molar-refractivity contribution is 6.24. The van der Waals surface area contributed by atoms with Gasteiger partial charge in [0.1, 0.15) is 11.4 Å². The number of nitrogens with zero attached hydrogens (tertiary/aromatic N) is 1. The normalized spacial score (nSPS) is 13.5. The minimum Gasteiger partial charge on any atom is -0.497 e. The number of nitrogens with one attached hydrogen (secondary N) is 1. The summed E-state index contributed by atoms with van der Waals surface area (Å²) in [7, 11) is 1.58. The molecule has 0 amide bonds. The average Bonchev–Trinajstić information content (AvgIpc) is 2.53. The Morgan fingerprint density at radius 2 is 1.86 bits per heavy atom. The molecule has 1 aromatic carbocycles. The summed E-state index contributed by atoms with van der Waals surface area (Å²) in [6.07, 6.45) is 2.78. The molecule has 0 saturated heterocycles. The molecule has 0 saturated carbocycles. The number of carbonyl (C=O) groups excluding carboxylic acids is 2. The van der Waals surface area contributed by atoms with Crippen LogP contribution in [-0.2, 0) is 0 Å². The van der Waals surface area contributed by atoms with Crippen LogP contribution in [0.3, 0.4) is 0 Å². The lowest BCUT2D eigenvalue weighted by Crippen LogP contribution is -2.22. The summed E-state index contributed by atoms with van der Waals surface area (Å²) in [5, 5.41) is 2.96. The van der Waals surface area contributed by atoms with E-state index in [0.717, 1.165) is 5.75 Å². The highest BCUT2D eigenvalue weighted by Crippen LogP contribution is 2.22. The standard InChI is InChI=1S/C16H12N2O3/c1-21-11-6-4-10(5-7-11)18-13-9-14(19)15-12(16(13)20)3-2-8-17-15/h2-9,18H,1H3. The van der Waals surface area contributed by atoms with Gasteiger partial charge in [0.25, 0.3) is 0 Å². The number of methoxy groups -OCH3 is 1. The van der Waals surface area contributed by atoms with Crippen LogP contribution in [0.1, 0.15) is 20.8 Å². The molecule has 1 aliphatic rings. The second-order valence-electron chi connectivity index (χ2n) is 4.50. The van der Waals surface area contributed by atoms with Gasteiger partial charge in [-0.15, -0.1) is 0 Å². The first-order valence-electron chi connectivity index (χ1n) is 6.36. The maximum Gasteiger partial charge on any atom is 0.211 e. The minimum absolute atomic E-state index is 0.197. The third-order valence-corrected chi connectivity index (χ3v) is 3.17. The lowest BCUT2D eigenvalue weighted by molar-refractivity contribution is 0.0982. The van der Waals surface area contributed by atoms with E-state index < -0.39 is 0 Å². The Kier molecular flexibility index (Phi) is 3.23. The smallest absolute Gasteiger partial charge is 0.211 e. The zero-order valence-electron chi connectivity index (χ0n) is 11.3. The molecule has 5 nitrogen and oxygen atoms in total. The fourth-order valence-electron chi connectivity index (χ4n) is 2.12. The molecule has 2 aromatic rings. The predicted molar refractivity (Wildman–Crippen MR) is 77.6 cm³/mol. The lowest BCUT2D eigenvalue weighted by Gasteiger charge is -2.15. The van der Waals surface area contributed by atoms with Gasteiger partial charge in [0, 0.05) is 18.0 Å². The van der Waals surface area contributed by atoms with Crippen molar-refractivity contribution in [1.82, 2.24) is 4.98 Å². The third kappa shape index (κ3) is 2.41. The summed E-state index contributed by atoms with van der Waals surface area (Å²) < 4.78 is 5.07. The van der Waals surface area contributed by atoms with Crippen LogP contribution in [-0.4, -0.2) is 23.7 Å². The van der Waals surface area contributed by atoms with E-state index in [1.54, 1.807) is 43.5 Å². The third-order valence-electron chi connectivity index (χ3n) is 3.17. The maximum absolute atomic E-state index is 12.3. The molecule has 0 aliphatic heterocycles. The van der Waals surface area contributed by atoms with Crippen LogP contribution in [0.25, 0.3) is 0 Å². The van der Waals surface area contributed by atoms with Gasteiger partial charge in [-0.2, -0.15) is 0 Å². The van der Waals surface area contributed by atoms with Gasteiger partial charge in [-0.05, 0) is 36.4 Å². The number of fused-ring (bicyclic) bond motifs is 1. The van der Waals surface area contributed by atoms with E-state index in [1.165, 1.54) is 12.3 Å². The zero-order chi connectivity index (χ0) is 14.8. The summed E-state index contributed by atoms with van der Waals surface area (Å²) in [6.45, 7) is 0. The number of hydrogen-bond donors (Lipinski definition) is 1. The van der Waals surface area contributed by atoms with Crippen LogP contribution in [0, 0.1) is 0 Å². The Morgan fingerprint density at radius 1 is 1.10 bits per heavy atom. The van der Waals surface area contributed by atoms with E-state index in [1.807, 2.05) is 0 Å². The predicted octanol–water partition coefficient (Wildman–Crippen LogP) is 2.47. The molecule has 0 spiro atoms. The second kappa shape index (κ2) is 5.20. The summed E-state index contributed by atoms with van der Waals surface area (Å²) >= 11 is 0. The van der Waals surface area contributed by atoms with Gasteiger partial charge < -0.3 is 10.1 Å². The zero-order valence-corrected chi connectivity index (χ0v) is 11.3. The number of Topliss-reactive ketones (excluding diaryl/α,β-unsaturated/α-hetero) is 1. The largest absolute Gasteiger partial charge is 0.497 e. The van der Waals surface area contributed by atoms with Crippen molar-refractivity contribution in [3.05, 3.63) is 65.6 Å². The summed E-state index contributed by atoms with van der Waals surface area (Å²) in [4.78, 5) is 28.3. The molecule has 21 heavy (non-hydrogen) atoms. The van der Waals surface area contributed by atoms with Crippen molar-refractivity contribution in [2.45, 2.75) is 0 Å². The van der Waals surface area contributed by atoms with E-state index in [-0.39, 0.29) is 23.0 Å². The van der Waals surface area contributed by atoms with E-state index in [0.29, 0.717) is 11.3 Å². The van der Waals surface area contributed by atoms with Gasteiger partial charge in [-0.25, -0.2) is 0 Å². The Balaban J connectivity index is 1.89. The monoisotopic (exact) mass is 280 g/mol. The van der Waals surface area contributed by atoms with Crippen molar-refractivity contribution in [2.24, 2.45) is 0 Å². The van der Waals surface area contributed by atoms with Crippen LogP contribution < -0.4 is 10.1 Å². The molecule has 0 bridgehead atoms. The van der Waals surface area contributed by atoms with Crippen molar-refractivity contribution in [2.75, 3.05) is 12.4 Å². The number of hydrogen-bond acceptors (Lipinski definition) is 5. The van der Waals surface area contributed by atoms with Crippen molar-refractivity contribution in [3.63, 3.8) is 0 Å². The van der Waals surface area contributed by atoms with E-state index in [2.05, 4.69) is 10.3 Å². The Bertz CT molecular complexity index is 748. The molecular formula is C16H12N2O3. The Morgan fingerprint density at radius 3 is 2.57 bits per heavy atom. The number of pyridine rings is 1. The Hall–Kier alpha value is -2.95. The number of benzene rings is 1. The fourth-order valence-corrected chi connectivity index (χ4v) is 2.12. The second-order valence-corrected chi connectivity index (χ2v) is 4.50. The van der Waals surface area contributed by atoms with Crippen molar-refractivity contribution < 1.29 is 14.3 Å². The van der Waals surface area contributed by atoms with E-state index >= 15 is 0 Å². The molecule has 1 heterocycles. The van der Waals surface area contributed by atoms with Crippen LogP contribution in [0.4, 0.5) is 5.69 Å². The number of allylic oxidation sites excluding steroid dienone is 2. The highest BCUT2D eigenvalue weighted by Gasteiger charge is 2.26. The number of aromatic nitrogens is 1. The molecule has 104 valence electrons. The summed E-state index contributed by atoms with van der Waals surface area (Å²) in [5.74, 6) is 0.199. The van der Waals surface area contributed by atoms with Gasteiger partial charge in [-0.1, -0.05) is 0 Å². The van der Waals surface area contributed by atoms with Gasteiger partial charge in [0.2, 0.25) is 11.6 Å². The number of carbonyl (C=O) groups is 2. The van der Waals surface area contributed by atoms with Gasteiger partial charge in [-0.3, -0.25) is 14.6 Å². The number of rotatable bonds is 3. The molecule has 5 heteroatoms. The van der Waals surface area contributed by atoms with E-state index in [9.17, 15) is 9.59 Å². The maximum atomic E-state index is 12.3. The average molecular weight is 280 g/mol. The molecule has 0 radical (unpaired) electrons. The fraction of sp³-hybridized carbons (Fsp3) is 0.0625. The van der Waals surface area contributed by atoms with Crippen LogP contribution in [0.15, 0.2) is 54.4 Å². The van der Waals surface area contributed by atoms with Crippen molar-refractivity contribution in [3.8, 4) is 5.75 Å². The molecule has 0 fully saturated rings. The molecule has 0 unspecified atom stereocenters. The molecule has 1 N–H and O–H groups in total. The highest BCUT2D eigenvalue weighted by atomic mass is 16.5. The summed E-state index contributed by atoms with van der Waals surface area (Å²) in [6, 6.07) is 10.3. The number of ketones is 2. The minimum atomic E-state index is -0.277. The van der Waals surface area contributed by atoms with Gasteiger partial charge in [0.15, 0.2) is 0 Å². The topological polar surface area (TPSA) is 68.3 Å². The molecule has 1 aromatic heterocycles. The van der Waals surface area contributed by atoms with E-state index in [4.69, 9.17) is 4.74 Å². The summed E-state index contributed by atoms with van der Waals surface area (Å²) in [5.41, 5.74) is 1.46. The Labute approximate surface area is 121 Å². The number of anilines is 1. The molecule has 0 atom stereocenters. The first-order chi connectivity index (χ1) is 10.2. The van der Waals surface area contributed by atoms with Gasteiger partial charge in [0.05, 0.1) is 18.4 Å². The molecular weight excluding hydrogens is 268 g/mol. The van der Waals surface area contributed by atoms with Crippen molar-refractivity contribution >= 4 is 17.3 Å². The quantitative estimate of drug-likeness (QED) is 0.935. The van der Waals surface area contributed by atoms with Crippen LogP contribution in [0.2, 0.25) is 0 Å². The molecule has 1 aliphatic carbocycles. The van der Waals surface area contributed by atoms with Gasteiger partial charge >= 0.3 is 0 Å².